The highest BCUT2D eigenvalue weighted by Crippen LogP contribution is 2.29. The lowest BCUT2D eigenvalue weighted by molar-refractivity contribution is -0.871. The Hall–Kier alpha value is -0.570. The molecule has 0 fully saturated rings. The molecule has 0 amide bonds. The van der Waals surface area contributed by atoms with Crippen LogP contribution in [-0.2, 0) is 9.59 Å². The molecule has 0 bridgehead atoms. The normalized spacial score (nSPS) is 13.8. The van der Waals surface area contributed by atoms with Crippen molar-refractivity contribution in [3.63, 3.8) is 0 Å². The number of hydrogen-bond donors (Lipinski definition) is 1. The SMILES string of the molecule is CCCCCCCC/C=C\CCCCCCCC(=O)C(CCCCCCCCCCCCCC)C(=O)PC(O)C[N+](C)(C)C. The van der Waals surface area contributed by atoms with Crippen LogP contribution in [0.25, 0.3) is 0 Å². The van der Waals surface area contributed by atoms with Crippen LogP contribution in [0.4, 0.5) is 0 Å². The van der Waals surface area contributed by atoms with Crippen LogP contribution in [-0.4, -0.2) is 54.4 Å². The van der Waals surface area contributed by atoms with Gasteiger partial charge in [0.1, 0.15) is 18.2 Å². The molecule has 3 atom stereocenters. The minimum Gasteiger partial charge on any atom is -0.383 e. The first kappa shape index (κ1) is 43.4. The lowest BCUT2D eigenvalue weighted by atomic mass is 9.93. The van der Waals surface area contributed by atoms with Crippen LogP contribution in [0.3, 0.4) is 0 Å². The fourth-order valence-electron chi connectivity index (χ4n) is 6.00. The van der Waals surface area contributed by atoms with E-state index < -0.39 is 11.8 Å². The molecule has 5 heteroatoms. The molecule has 0 heterocycles. The number of unbranched alkanes of at least 4 members (excludes halogenated alkanes) is 22. The first-order valence-corrected chi connectivity index (χ1v) is 20.3. The Kier molecular flexibility index (Phi) is 30.6. The van der Waals surface area contributed by atoms with Gasteiger partial charge in [0.25, 0.3) is 0 Å². The van der Waals surface area contributed by atoms with Crippen molar-refractivity contribution in [2.75, 3.05) is 27.7 Å². The lowest BCUT2D eigenvalue weighted by Crippen LogP contribution is -2.40. The summed E-state index contributed by atoms with van der Waals surface area (Å²) in [6, 6.07) is 0. The first-order valence-electron chi connectivity index (χ1n) is 19.2. The number of likely N-dealkylation sites (N-methyl/N-ethyl adjacent to an activating group) is 1. The molecule has 0 radical (unpaired) electrons. The number of Topliss-reactive ketones (excluding diaryl/α,β-unsaturated/α-hetero) is 1. The second-order valence-electron chi connectivity index (χ2n) is 14.5. The summed E-state index contributed by atoms with van der Waals surface area (Å²) in [5.41, 5.74) is -0.00762. The van der Waals surface area contributed by atoms with Crippen molar-refractivity contribution < 1.29 is 19.2 Å². The van der Waals surface area contributed by atoms with Gasteiger partial charge < -0.3 is 9.59 Å². The summed E-state index contributed by atoms with van der Waals surface area (Å²) in [5.74, 6) is -1.03. The standard InChI is InChI=1S/C39H77NO3P/c1-6-8-10-12-14-16-18-20-21-22-24-26-28-30-32-34-37(41)36(39(43)44-38(42)35-40(3,4)5)33-31-29-27-25-23-19-17-15-13-11-9-7-2/h20-21,36,38,42,44H,6-19,22-35H2,1-5H3/q+1/b21-20-. The molecule has 44 heavy (non-hydrogen) atoms. The van der Waals surface area contributed by atoms with Crippen LogP contribution >= 0.6 is 8.58 Å². The molecule has 0 saturated carbocycles. The van der Waals surface area contributed by atoms with Crippen LogP contribution in [0.2, 0.25) is 0 Å². The Labute approximate surface area is 277 Å². The molecule has 0 rings (SSSR count). The van der Waals surface area contributed by atoms with E-state index in [1.807, 2.05) is 21.1 Å². The number of aliphatic hydroxyl groups is 1. The third kappa shape index (κ3) is 30.1. The second kappa shape index (κ2) is 31.1. The molecule has 0 spiro atoms. The largest absolute Gasteiger partial charge is 0.383 e. The van der Waals surface area contributed by atoms with Gasteiger partial charge in [0, 0.05) is 6.42 Å². The molecule has 0 aromatic heterocycles. The van der Waals surface area contributed by atoms with E-state index in [9.17, 15) is 14.7 Å². The van der Waals surface area contributed by atoms with Gasteiger partial charge in [0.2, 0.25) is 0 Å². The fourth-order valence-corrected chi connectivity index (χ4v) is 7.48. The van der Waals surface area contributed by atoms with E-state index >= 15 is 0 Å². The zero-order valence-electron chi connectivity index (χ0n) is 30.3. The van der Waals surface area contributed by atoms with Gasteiger partial charge in [-0.15, -0.1) is 0 Å². The van der Waals surface area contributed by atoms with Gasteiger partial charge in [-0.05, 0) is 47.1 Å². The van der Waals surface area contributed by atoms with Gasteiger partial charge in [-0.3, -0.25) is 9.59 Å². The summed E-state index contributed by atoms with van der Waals surface area (Å²) >= 11 is 0. The number of nitrogens with zero attached hydrogens (tertiary/aromatic N) is 1. The van der Waals surface area contributed by atoms with Crippen molar-refractivity contribution in [2.24, 2.45) is 5.92 Å². The molecule has 1 N–H and O–H groups in total. The number of carbonyl (C=O) groups is 2. The monoisotopic (exact) mass is 639 g/mol. The molecule has 0 aromatic rings. The van der Waals surface area contributed by atoms with Gasteiger partial charge >= 0.3 is 0 Å². The highest BCUT2D eigenvalue weighted by atomic mass is 31.1. The summed E-state index contributed by atoms with van der Waals surface area (Å²) < 4.78 is 0.619. The molecule has 260 valence electrons. The molecule has 0 saturated heterocycles. The average molecular weight is 639 g/mol. The molecular formula is C39H77NO3P+. The van der Waals surface area contributed by atoms with Crippen molar-refractivity contribution in [2.45, 2.75) is 193 Å². The maximum atomic E-state index is 13.2. The molecule has 0 aliphatic rings. The Bertz CT molecular complexity index is 687. The average Bonchev–Trinajstić information content (AvgIpc) is 2.96. The van der Waals surface area contributed by atoms with Crippen molar-refractivity contribution in [1.82, 2.24) is 0 Å². The number of hydrogen-bond acceptors (Lipinski definition) is 3. The summed E-state index contributed by atoms with van der Waals surface area (Å²) in [7, 11) is 5.90. The second-order valence-corrected chi connectivity index (χ2v) is 16.0. The fraction of sp³-hybridized carbons (Fsp3) is 0.897. The smallest absolute Gasteiger partial charge is 0.164 e. The minimum atomic E-state index is -0.653. The Morgan fingerprint density at radius 1 is 0.591 bits per heavy atom. The van der Waals surface area contributed by atoms with Crippen LogP contribution < -0.4 is 0 Å². The van der Waals surface area contributed by atoms with Crippen molar-refractivity contribution in [3.05, 3.63) is 12.2 Å². The quantitative estimate of drug-likeness (QED) is 0.0251. The van der Waals surface area contributed by atoms with Crippen LogP contribution in [0.15, 0.2) is 12.2 Å². The maximum Gasteiger partial charge on any atom is 0.164 e. The number of ketones is 1. The van der Waals surface area contributed by atoms with E-state index in [1.165, 1.54) is 135 Å². The molecule has 0 aromatic carbocycles. The number of allylic oxidation sites excluding steroid dienone is 2. The third-order valence-electron chi connectivity index (χ3n) is 8.77. The highest BCUT2D eigenvalue weighted by Gasteiger charge is 2.28. The Morgan fingerprint density at radius 3 is 1.41 bits per heavy atom. The predicted molar refractivity (Wildman–Crippen MR) is 196 cm³/mol. The molecule has 3 unspecified atom stereocenters. The van der Waals surface area contributed by atoms with Crippen molar-refractivity contribution in [1.29, 1.82) is 0 Å². The number of carbonyl (C=O) groups excluding carboxylic acids is 2. The van der Waals surface area contributed by atoms with Gasteiger partial charge in [-0.1, -0.05) is 154 Å². The van der Waals surface area contributed by atoms with Crippen LogP contribution in [0.1, 0.15) is 187 Å². The molecule has 0 aliphatic heterocycles. The molecule has 0 aliphatic carbocycles. The maximum absolute atomic E-state index is 13.2. The van der Waals surface area contributed by atoms with Gasteiger partial charge in [0.05, 0.1) is 27.1 Å². The lowest BCUT2D eigenvalue weighted by Gasteiger charge is -2.27. The summed E-state index contributed by atoms with van der Waals surface area (Å²) in [4.78, 5) is 26.4. The minimum absolute atomic E-state index is 0.00762. The van der Waals surface area contributed by atoms with E-state index in [2.05, 4.69) is 26.0 Å². The third-order valence-corrected chi connectivity index (χ3v) is 9.91. The van der Waals surface area contributed by atoms with Gasteiger partial charge in [-0.25, -0.2) is 0 Å². The van der Waals surface area contributed by atoms with E-state index in [0.717, 1.165) is 25.7 Å². The molecule has 4 nitrogen and oxygen atoms in total. The van der Waals surface area contributed by atoms with Gasteiger partial charge in [-0.2, -0.15) is 0 Å². The van der Waals surface area contributed by atoms with E-state index in [4.69, 9.17) is 0 Å². The topological polar surface area (TPSA) is 54.4 Å². The highest BCUT2D eigenvalue weighted by molar-refractivity contribution is 7.58. The van der Waals surface area contributed by atoms with Crippen LogP contribution in [0.5, 0.6) is 0 Å². The number of rotatable bonds is 34. The predicted octanol–water partition coefficient (Wildman–Crippen LogP) is 11.5. The summed E-state index contributed by atoms with van der Waals surface area (Å²) in [5, 5.41) is 10.5. The Balaban J connectivity index is 4.27. The van der Waals surface area contributed by atoms with E-state index in [1.54, 1.807) is 0 Å². The number of quaternary nitrogens is 1. The summed E-state index contributed by atoms with van der Waals surface area (Å²) in [6.45, 7) is 5.08. The summed E-state index contributed by atoms with van der Waals surface area (Å²) in [6.07, 6.45) is 37.4. The first-order chi connectivity index (χ1) is 21.2. The zero-order chi connectivity index (χ0) is 32.7. The Morgan fingerprint density at radius 2 is 0.977 bits per heavy atom. The zero-order valence-corrected chi connectivity index (χ0v) is 31.3. The number of aliphatic hydroxyl groups excluding tert-OH is 1. The molecular weight excluding hydrogens is 561 g/mol. The van der Waals surface area contributed by atoms with Crippen LogP contribution in [0, 0.1) is 5.92 Å². The van der Waals surface area contributed by atoms with Crippen molar-refractivity contribution >= 4 is 19.9 Å². The van der Waals surface area contributed by atoms with E-state index in [0.29, 0.717) is 23.9 Å². The van der Waals surface area contributed by atoms with Gasteiger partial charge in [0.15, 0.2) is 5.52 Å². The van der Waals surface area contributed by atoms with Crippen molar-refractivity contribution in [3.8, 4) is 0 Å². The van der Waals surface area contributed by atoms with E-state index in [-0.39, 0.29) is 19.9 Å².